The standard InChI is InChI=1S/C14H17NO3/c16-13(10-7-15-17-8-10)18-12(9-1-2-9)14(5-6-14)11-3-4-11/h7-9,11-12H,1-6H2. The van der Waals surface area contributed by atoms with Crippen LogP contribution in [0.5, 0.6) is 0 Å². The fourth-order valence-corrected chi connectivity index (χ4v) is 3.30. The summed E-state index contributed by atoms with van der Waals surface area (Å²) in [6, 6.07) is 0. The van der Waals surface area contributed by atoms with Gasteiger partial charge in [0.1, 0.15) is 17.9 Å². The van der Waals surface area contributed by atoms with Gasteiger partial charge in [-0.3, -0.25) is 0 Å². The van der Waals surface area contributed by atoms with Crippen molar-refractivity contribution in [1.82, 2.24) is 5.16 Å². The first-order chi connectivity index (χ1) is 8.79. The van der Waals surface area contributed by atoms with Crippen LogP contribution in [-0.4, -0.2) is 17.2 Å². The predicted octanol–water partition coefficient (Wildman–Crippen LogP) is 2.80. The average molecular weight is 247 g/mol. The molecule has 3 saturated carbocycles. The van der Waals surface area contributed by atoms with Gasteiger partial charge in [0.2, 0.25) is 0 Å². The summed E-state index contributed by atoms with van der Waals surface area (Å²) < 4.78 is 10.5. The first kappa shape index (κ1) is 10.6. The van der Waals surface area contributed by atoms with Gasteiger partial charge in [0.05, 0.1) is 6.20 Å². The molecule has 3 aliphatic rings. The smallest absolute Gasteiger partial charge is 0.343 e. The first-order valence-corrected chi connectivity index (χ1v) is 6.90. The largest absolute Gasteiger partial charge is 0.458 e. The summed E-state index contributed by atoms with van der Waals surface area (Å²) in [6.07, 6.45) is 10.5. The summed E-state index contributed by atoms with van der Waals surface area (Å²) >= 11 is 0. The summed E-state index contributed by atoms with van der Waals surface area (Å²) in [5.41, 5.74) is 0.779. The van der Waals surface area contributed by atoms with E-state index in [1.54, 1.807) is 0 Å². The van der Waals surface area contributed by atoms with Gasteiger partial charge in [0, 0.05) is 5.41 Å². The Morgan fingerprint density at radius 1 is 1.39 bits per heavy atom. The molecule has 0 radical (unpaired) electrons. The van der Waals surface area contributed by atoms with Crippen molar-refractivity contribution in [2.75, 3.05) is 0 Å². The first-order valence-electron chi connectivity index (χ1n) is 6.90. The van der Waals surface area contributed by atoms with Gasteiger partial charge < -0.3 is 9.26 Å². The van der Waals surface area contributed by atoms with E-state index in [1.807, 2.05) is 0 Å². The molecular weight excluding hydrogens is 230 g/mol. The van der Waals surface area contributed by atoms with Gasteiger partial charge in [-0.1, -0.05) is 5.16 Å². The van der Waals surface area contributed by atoms with Crippen LogP contribution in [-0.2, 0) is 4.74 Å². The van der Waals surface area contributed by atoms with E-state index in [2.05, 4.69) is 5.16 Å². The van der Waals surface area contributed by atoms with E-state index in [0.29, 0.717) is 16.9 Å². The van der Waals surface area contributed by atoms with Crippen LogP contribution in [0.15, 0.2) is 17.0 Å². The van der Waals surface area contributed by atoms with E-state index in [0.717, 1.165) is 5.92 Å². The van der Waals surface area contributed by atoms with E-state index in [9.17, 15) is 4.79 Å². The Hall–Kier alpha value is -1.32. The van der Waals surface area contributed by atoms with Crippen LogP contribution in [0, 0.1) is 17.3 Å². The summed E-state index contributed by atoms with van der Waals surface area (Å²) in [5, 5.41) is 3.56. The molecule has 4 rings (SSSR count). The predicted molar refractivity (Wildman–Crippen MR) is 62.8 cm³/mol. The second kappa shape index (κ2) is 3.59. The molecule has 1 heterocycles. The molecule has 1 unspecified atom stereocenters. The van der Waals surface area contributed by atoms with Crippen molar-refractivity contribution < 1.29 is 14.1 Å². The Morgan fingerprint density at radius 3 is 2.67 bits per heavy atom. The molecule has 4 nitrogen and oxygen atoms in total. The van der Waals surface area contributed by atoms with Gasteiger partial charge in [0.25, 0.3) is 0 Å². The van der Waals surface area contributed by atoms with Crippen LogP contribution >= 0.6 is 0 Å². The quantitative estimate of drug-likeness (QED) is 0.751. The second-order valence-electron chi connectivity index (χ2n) is 6.08. The van der Waals surface area contributed by atoms with Crippen molar-refractivity contribution in [3.63, 3.8) is 0 Å². The van der Waals surface area contributed by atoms with Crippen molar-refractivity contribution in [2.45, 2.75) is 44.6 Å². The van der Waals surface area contributed by atoms with Crippen LogP contribution in [0.25, 0.3) is 0 Å². The van der Waals surface area contributed by atoms with Gasteiger partial charge >= 0.3 is 5.97 Å². The molecule has 0 amide bonds. The van der Waals surface area contributed by atoms with E-state index in [1.165, 1.54) is 51.0 Å². The molecule has 1 atom stereocenters. The lowest BCUT2D eigenvalue weighted by Gasteiger charge is -2.26. The molecule has 96 valence electrons. The second-order valence-corrected chi connectivity index (χ2v) is 6.08. The molecule has 0 aliphatic heterocycles. The van der Waals surface area contributed by atoms with Crippen LogP contribution in [0.3, 0.4) is 0 Å². The molecule has 4 heteroatoms. The number of hydrogen-bond acceptors (Lipinski definition) is 4. The zero-order valence-corrected chi connectivity index (χ0v) is 10.3. The van der Waals surface area contributed by atoms with Gasteiger partial charge in [-0.15, -0.1) is 0 Å². The zero-order chi connectivity index (χ0) is 12.2. The van der Waals surface area contributed by atoms with Crippen molar-refractivity contribution in [2.24, 2.45) is 17.3 Å². The topological polar surface area (TPSA) is 52.3 Å². The zero-order valence-electron chi connectivity index (χ0n) is 10.3. The SMILES string of the molecule is O=C(OC(C1CC1)C1(C2CC2)CC1)c1cnoc1. The maximum Gasteiger partial charge on any atom is 0.343 e. The molecule has 3 fully saturated rings. The number of hydrogen-bond donors (Lipinski definition) is 0. The molecule has 0 N–H and O–H groups in total. The lowest BCUT2D eigenvalue weighted by atomic mass is 9.89. The number of carbonyl (C=O) groups excluding carboxylic acids is 1. The Kier molecular flexibility index (Phi) is 2.11. The Balaban J connectivity index is 1.52. The number of esters is 1. The van der Waals surface area contributed by atoms with E-state index >= 15 is 0 Å². The molecule has 0 spiro atoms. The average Bonchev–Trinajstić information content (AvgIpc) is 3.20. The lowest BCUT2D eigenvalue weighted by molar-refractivity contribution is -0.00478. The maximum absolute atomic E-state index is 12.0. The van der Waals surface area contributed by atoms with Crippen LogP contribution in [0.1, 0.15) is 48.9 Å². The summed E-state index contributed by atoms with van der Waals surface area (Å²) in [4.78, 5) is 12.0. The van der Waals surface area contributed by atoms with Crippen LogP contribution in [0.2, 0.25) is 0 Å². The summed E-state index contributed by atoms with van der Waals surface area (Å²) in [7, 11) is 0. The molecule has 0 saturated heterocycles. The van der Waals surface area contributed by atoms with E-state index < -0.39 is 0 Å². The molecule has 3 aliphatic carbocycles. The van der Waals surface area contributed by atoms with Crippen molar-refractivity contribution in [3.8, 4) is 0 Å². The third-order valence-electron chi connectivity index (χ3n) is 4.74. The minimum atomic E-state index is -0.264. The Bertz CT molecular complexity index is 455. The highest BCUT2D eigenvalue weighted by molar-refractivity contribution is 5.88. The Morgan fingerprint density at radius 2 is 2.17 bits per heavy atom. The normalized spacial score (nSPS) is 26.7. The third kappa shape index (κ3) is 1.66. The van der Waals surface area contributed by atoms with Crippen LogP contribution in [0.4, 0.5) is 0 Å². The third-order valence-corrected chi connectivity index (χ3v) is 4.74. The van der Waals surface area contributed by atoms with Crippen molar-refractivity contribution in [3.05, 3.63) is 18.0 Å². The van der Waals surface area contributed by atoms with Crippen LogP contribution < -0.4 is 0 Å². The molecule has 0 bridgehead atoms. The highest BCUT2D eigenvalue weighted by Crippen LogP contribution is 2.67. The number of aromatic nitrogens is 1. The highest BCUT2D eigenvalue weighted by Gasteiger charge is 2.63. The van der Waals surface area contributed by atoms with Gasteiger partial charge in [-0.25, -0.2) is 4.79 Å². The van der Waals surface area contributed by atoms with Crippen molar-refractivity contribution >= 4 is 5.97 Å². The van der Waals surface area contributed by atoms with E-state index in [4.69, 9.17) is 9.26 Å². The Labute approximate surface area is 106 Å². The fourth-order valence-electron chi connectivity index (χ4n) is 3.30. The molecule has 1 aromatic heterocycles. The number of nitrogens with zero attached hydrogens (tertiary/aromatic N) is 1. The van der Waals surface area contributed by atoms with Gasteiger partial charge in [-0.2, -0.15) is 0 Å². The summed E-state index contributed by atoms with van der Waals surface area (Å²) in [5.74, 6) is 1.16. The minimum Gasteiger partial charge on any atom is -0.458 e. The highest BCUT2D eigenvalue weighted by atomic mass is 16.5. The van der Waals surface area contributed by atoms with E-state index in [-0.39, 0.29) is 12.1 Å². The number of ether oxygens (including phenoxy) is 1. The number of carbonyl (C=O) groups is 1. The van der Waals surface area contributed by atoms with Gasteiger partial charge in [0.15, 0.2) is 0 Å². The summed E-state index contributed by atoms with van der Waals surface area (Å²) in [6.45, 7) is 0. The monoisotopic (exact) mass is 247 g/mol. The molecule has 1 aromatic rings. The molecule has 18 heavy (non-hydrogen) atoms. The minimum absolute atomic E-state index is 0.146. The van der Waals surface area contributed by atoms with Gasteiger partial charge in [-0.05, 0) is 50.4 Å². The lowest BCUT2D eigenvalue weighted by Crippen LogP contribution is -2.32. The fraction of sp³-hybridized carbons (Fsp3) is 0.714. The molecule has 0 aromatic carbocycles. The number of rotatable bonds is 5. The molecular formula is C14H17NO3. The maximum atomic E-state index is 12.0. The van der Waals surface area contributed by atoms with Crippen molar-refractivity contribution in [1.29, 1.82) is 0 Å².